The summed E-state index contributed by atoms with van der Waals surface area (Å²) in [4.78, 5) is 22.5. The van der Waals surface area contributed by atoms with E-state index >= 15 is 0 Å². The highest BCUT2D eigenvalue weighted by Crippen LogP contribution is 2.18. The quantitative estimate of drug-likeness (QED) is 0.648. The Hall–Kier alpha value is -1.26. The van der Waals surface area contributed by atoms with E-state index in [2.05, 4.69) is 15.4 Å². The maximum Gasteiger partial charge on any atom is 0.331 e. The summed E-state index contributed by atoms with van der Waals surface area (Å²) in [7, 11) is 1.30. The van der Waals surface area contributed by atoms with Gasteiger partial charge in [-0.15, -0.1) is 0 Å². The molecule has 0 aromatic carbocycles. The molecule has 0 saturated heterocycles. The first-order valence-corrected chi connectivity index (χ1v) is 4.63. The van der Waals surface area contributed by atoms with Crippen LogP contribution in [0.15, 0.2) is 0 Å². The van der Waals surface area contributed by atoms with Crippen molar-refractivity contribution in [2.24, 2.45) is 0 Å². The van der Waals surface area contributed by atoms with E-state index < -0.39 is 11.5 Å². The first-order valence-electron chi connectivity index (χ1n) is 4.63. The molecule has 0 bridgehead atoms. The van der Waals surface area contributed by atoms with Gasteiger partial charge in [0.2, 0.25) is 0 Å². The van der Waals surface area contributed by atoms with E-state index in [-0.39, 0.29) is 12.1 Å². The van der Waals surface area contributed by atoms with Crippen LogP contribution in [0.2, 0.25) is 0 Å². The average Bonchev–Trinajstić information content (AvgIpc) is 2.85. The first kappa shape index (κ1) is 10.8. The predicted octanol–water partition coefficient (Wildman–Crippen LogP) is 0.400. The largest absolute Gasteiger partial charge is 0.467 e. The molecule has 2 amide bonds. The molecule has 0 spiro atoms. The van der Waals surface area contributed by atoms with Crippen molar-refractivity contribution in [3.63, 3.8) is 0 Å². The molecule has 14 heavy (non-hydrogen) atoms. The molecule has 0 unspecified atom stereocenters. The SMILES string of the molecule is COC(=O)C(C)(C)NC(=O)NC1CC1. The molecule has 0 atom stereocenters. The van der Waals surface area contributed by atoms with E-state index in [4.69, 9.17) is 0 Å². The van der Waals surface area contributed by atoms with Gasteiger partial charge in [-0.1, -0.05) is 0 Å². The van der Waals surface area contributed by atoms with Crippen LogP contribution in [0.4, 0.5) is 4.79 Å². The van der Waals surface area contributed by atoms with Gasteiger partial charge in [0, 0.05) is 6.04 Å². The number of hydrogen-bond donors (Lipinski definition) is 2. The van der Waals surface area contributed by atoms with Crippen molar-refractivity contribution < 1.29 is 14.3 Å². The summed E-state index contributed by atoms with van der Waals surface area (Å²) in [5, 5.41) is 5.28. The zero-order valence-electron chi connectivity index (χ0n) is 8.72. The maximum atomic E-state index is 11.3. The summed E-state index contributed by atoms with van der Waals surface area (Å²) < 4.78 is 4.56. The summed E-state index contributed by atoms with van der Waals surface area (Å²) in [6.07, 6.45) is 2.04. The van der Waals surface area contributed by atoms with Gasteiger partial charge in [0.1, 0.15) is 5.54 Å². The van der Waals surface area contributed by atoms with E-state index in [0.29, 0.717) is 0 Å². The molecule has 80 valence electrons. The van der Waals surface area contributed by atoms with Gasteiger partial charge in [0.15, 0.2) is 0 Å². The van der Waals surface area contributed by atoms with Gasteiger partial charge < -0.3 is 15.4 Å². The van der Waals surface area contributed by atoms with Crippen LogP contribution >= 0.6 is 0 Å². The number of carbonyl (C=O) groups excluding carboxylic acids is 2. The summed E-state index contributed by atoms with van der Waals surface area (Å²) in [6.45, 7) is 3.20. The van der Waals surface area contributed by atoms with E-state index in [0.717, 1.165) is 12.8 Å². The molecule has 2 N–H and O–H groups in total. The Morgan fingerprint density at radius 3 is 2.36 bits per heavy atom. The van der Waals surface area contributed by atoms with Crippen LogP contribution in [0.3, 0.4) is 0 Å². The van der Waals surface area contributed by atoms with Gasteiger partial charge in [-0.2, -0.15) is 0 Å². The average molecular weight is 200 g/mol. The Morgan fingerprint density at radius 1 is 1.36 bits per heavy atom. The number of carbonyl (C=O) groups is 2. The molecule has 1 aliphatic rings. The molecule has 0 radical (unpaired) electrons. The third-order valence-electron chi connectivity index (χ3n) is 2.03. The van der Waals surface area contributed by atoms with Crippen LogP contribution in [-0.4, -0.2) is 30.7 Å². The van der Waals surface area contributed by atoms with Gasteiger partial charge in [0.05, 0.1) is 7.11 Å². The smallest absolute Gasteiger partial charge is 0.331 e. The lowest BCUT2D eigenvalue weighted by Gasteiger charge is -2.23. The van der Waals surface area contributed by atoms with Crippen molar-refractivity contribution in [3.8, 4) is 0 Å². The van der Waals surface area contributed by atoms with Gasteiger partial charge in [-0.05, 0) is 26.7 Å². The molecule has 1 saturated carbocycles. The second-order valence-electron chi connectivity index (χ2n) is 3.99. The second kappa shape index (κ2) is 3.86. The topological polar surface area (TPSA) is 67.4 Å². The lowest BCUT2D eigenvalue weighted by molar-refractivity contribution is -0.146. The molecule has 1 rings (SSSR count). The minimum absolute atomic E-state index is 0.281. The van der Waals surface area contributed by atoms with Crippen LogP contribution in [0.1, 0.15) is 26.7 Å². The van der Waals surface area contributed by atoms with Gasteiger partial charge in [-0.25, -0.2) is 9.59 Å². The van der Waals surface area contributed by atoms with Crippen molar-refractivity contribution in [3.05, 3.63) is 0 Å². The van der Waals surface area contributed by atoms with Crippen LogP contribution in [0, 0.1) is 0 Å². The van der Waals surface area contributed by atoms with Crippen molar-refractivity contribution >= 4 is 12.0 Å². The molecule has 5 heteroatoms. The maximum absolute atomic E-state index is 11.3. The fourth-order valence-corrected chi connectivity index (χ4v) is 1.04. The van der Waals surface area contributed by atoms with Crippen LogP contribution in [0.5, 0.6) is 0 Å². The summed E-state index contributed by atoms with van der Waals surface area (Å²) in [5.41, 5.74) is -0.978. The molecule has 0 aliphatic heterocycles. The molecule has 1 aliphatic carbocycles. The number of urea groups is 1. The van der Waals surface area contributed by atoms with Gasteiger partial charge in [0.25, 0.3) is 0 Å². The summed E-state index contributed by atoms with van der Waals surface area (Å²) in [6, 6.07) is -0.0358. The molecular weight excluding hydrogens is 184 g/mol. The number of esters is 1. The second-order valence-corrected chi connectivity index (χ2v) is 3.99. The Morgan fingerprint density at radius 2 is 1.93 bits per heavy atom. The fourth-order valence-electron chi connectivity index (χ4n) is 1.04. The monoisotopic (exact) mass is 200 g/mol. The Labute approximate surface area is 83.2 Å². The van der Waals surface area contributed by atoms with E-state index in [9.17, 15) is 9.59 Å². The van der Waals surface area contributed by atoms with Gasteiger partial charge in [-0.3, -0.25) is 0 Å². The number of ether oxygens (including phenoxy) is 1. The molecule has 0 heterocycles. The van der Waals surface area contributed by atoms with Crippen molar-refractivity contribution in [2.45, 2.75) is 38.3 Å². The standard InChI is InChI=1S/C9H16N2O3/c1-9(2,7(12)14-3)11-8(13)10-6-4-5-6/h6H,4-5H2,1-3H3,(H2,10,11,13). The van der Waals surface area contributed by atoms with Crippen molar-refractivity contribution in [2.75, 3.05) is 7.11 Å². The zero-order chi connectivity index (χ0) is 10.8. The lowest BCUT2D eigenvalue weighted by atomic mass is 10.1. The molecule has 0 aromatic rings. The van der Waals surface area contributed by atoms with Crippen LogP contribution in [-0.2, 0) is 9.53 Å². The minimum Gasteiger partial charge on any atom is -0.467 e. The van der Waals surface area contributed by atoms with Crippen LogP contribution in [0.25, 0.3) is 0 Å². The Kier molecular flexibility index (Phi) is 2.98. The number of nitrogens with one attached hydrogen (secondary N) is 2. The third-order valence-corrected chi connectivity index (χ3v) is 2.03. The number of hydrogen-bond acceptors (Lipinski definition) is 3. The highest BCUT2D eigenvalue weighted by atomic mass is 16.5. The van der Waals surface area contributed by atoms with E-state index in [1.54, 1.807) is 13.8 Å². The highest BCUT2D eigenvalue weighted by molar-refractivity contribution is 5.86. The highest BCUT2D eigenvalue weighted by Gasteiger charge is 2.32. The Bertz CT molecular complexity index is 246. The predicted molar refractivity (Wildman–Crippen MR) is 50.8 cm³/mol. The summed E-state index contributed by atoms with van der Waals surface area (Å²) in [5.74, 6) is -0.455. The van der Waals surface area contributed by atoms with Crippen molar-refractivity contribution in [1.29, 1.82) is 0 Å². The van der Waals surface area contributed by atoms with Crippen LogP contribution < -0.4 is 10.6 Å². The van der Waals surface area contributed by atoms with E-state index in [1.165, 1.54) is 7.11 Å². The minimum atomic E-state index is -0.978. The lowest BCUT2D eigenvalue weighted by Crippen LogP contribution is -2.54. The number of rotatable bonds is 3. The van der Waals surface area contributed by atoms with Gasteiger partial charge >= 0.3 is 12.0 Å². The molecule has 0 aromatic heterocycles. The first-order chi connectivity index (χ1) is 6.45. The number of amides is 2. The Balaban J connectivity index is 2.39. The number of methoxy groups -OCH3 is 1. The molecule has 1 fully saturated rings. The summed E-state index contributed by atoms with van der Waals surface area (Å²) >= 11 is 0. The molecule has 5 nitrogen and oxygen atoms in total. The van der Waals surface area contributed by atoms with E-state index in [1.807, 2.05) is 0 Å². The zero-order valence-corrected chi connectivity index (χ0v) is 8.72. The fraction of sp³-hybridized carbons (Fsp3) is 0.778. The normalized spacial score (nSPS) is 15.9. The van der Waals surface area contributed by atoms with Crippen molar-refractivity contribution in [1.82, 2.24) is 10.6 Å². The third kappa shape index (κ3) is 2.90. The molecular formula is C9H16N2O3.